The second-order valence-electron chi connectivity index (χ2n) is 10.7. The molecule has 4 heteroatoms. The van der Waals surface area contributed by atoms with Crippen LogP contribution >= 0.6 is 15.9 Å². The Balaban J connectivity index is 1.64. The SMILES string of the molecule is Cc1ccc2c(c1)C1(C3=CC=CCC3C(=O)c3ccccc31)c1cc(C)ccc1N2C(=O)c1ccccc1Br. The molecule has 1 atom stereocenters. The van der Waals surface area contributed by atoms with Crippen LogP contribution in [-0.4, -0.2) is 11.7 Å². The zero-order valence-corrected chi connectivity index (χ0v) is 23.3. The van der Waals surface area contributed by atoms with Crippen LogP contribution in [0.25, 0.3) is 0 Å². The van der Waals surface area contributed by atoms with Crippen LogP contribution in [-0.2, 0) is 5.41 Å². The van der Waals surface area contributed by atoms with Gasteiger partial charge in [-0.05, 0) is 82.7 Å². The largest absolute Gasteiger partial charge is 0.293 e. The molecule has 1 heterocycles. The number of anilines is 2. The Morgan fingerprint density at radius 2 is 1.49 bits per heavy atom. The number of carbonyl (C=O) groups excluding carboxylic acids is 2. The van der Waals surface area contributed by atoms with Gasteiger partial charge in [0.05, 0.1) is 22.4 Å². The van der Waals surface area contributed by atoms with Gasteiger partial charge in [-0.2, -0.15) is 0 Å². The third-order valence-corrected chi connectivity index (χ3v) is 9.10. The fourth-order valence-electron chi connectivity index (χ4n) is 6.77. The van der Waals surface area contributed by atoms with Gasteiger partial charge < -0.3 is 0 Å². The molecule has 7 rings (SSSR count). The molecule has 0 fully saturated rings. The molecule has 0 bridgehead atoms. The van der Waals surface area contributed by atoms with E-state index in [4.69, 9.17) is 0 Å². The van der Waals surface area contributed by atoms with Gasteiger partial charge in [0.25, 0.3) is 5.91 Å². The number of rotatable bonds is 1. The van der Waals surface area contributed by atoms with Crippen molar-refractivity contribution in [2.45, 2.75) is 25.7 Å². The van der Waals surface area contributed by atoms with Crippen molar-refractivity contribution >= 4 is 39.0 Å². The Bertz CT molecular complexity index is 1730. The molecule has 4 aromatic rings. The predicted octanol–water partition coefficient (Wildman–Crippen LogP) is 8.39. The fourth-order valence-corrected chi connectivity index (χ4v) is 7.23. The molecule has 0 radical (unpaired) electrons. The van der Waals surface area contributed by atoms with Gasteiger partial charge in [0, 0.05) is 16.0 Å². The van der Waals surface area contributed by atoms with Gasteiger partial charge in [-0.25, -0.2) is 0 Å². The summed E-state index contributed by atoms with van der Waals surface area (Å²) in [6.07, 6.45) is 6.99. The number of halogens is 1. The molecule has 190 valence electrons. The Morgan fingerprint density at radius 1 is 0.846 bits per heavy atom. The minimum Gasteiger partial charge on any atom is -0.293 e. The zero-order valence-electron chi connectivity index (χ0n) is 21.7. The summed E-state index contributed by atoms with van der Waals surface area (Å²) >= 11 is 3.61. The first-order valence-electron chi connectivity index (χ1n) is 13.2. The van der Waals surface area contributed by atoms with Gasteiger partial charge in [-0.15, -0.1) is 0 Å². The number of carbonyl (C=O) groups is 2. The van der Waals surface area contributed by atoms with E-state index in [1.807, 2.05) is 47.4 Å². The molecule has 2 aliphatic carbocycles. The summed E-state index contributed by atoms with van der Waals surface area (Å²) in [5.74, 6) is -0.180. The molecular formula is C35H26BrNO2. The molecule has 4 aromatic carbocycles. The van der Waals surface area contributed by atoms with Gasteiger partial charge in [0.1, 0.15) is 0 Å². The van der Waals surface area contributed by atoms with Crippen molar-refractivity contribution in [3.63, 3.8) is 0 Å². The number of aryl methyl sites for hydroxylation is 2. The number of benzene rings is 4. The van der Waals surface area contributed by atoms with Crippen LogP contribution in [0.15, 0.2) is 113 Å². The standard InChI is InChI=1S/C35H26BrNO2/c1-21-15-17-31-28(19-21)35(26-12-6-3-9-23(26)33(38)24-10-4-7-13-27(24)35)29-20-22(2)16-18-32(29)37(31)34(39)25-11-5-8-14-30(25)36/h3-9,11-20,24H,10H2,1-2H3. The van der Waals surface area contributed by atoms with Crippen LogP contribution in [0, 0.1) is 19.8 Å². The first kappa shape index (κ1) is 24.1. The Kier molecular flexibility index (Phi) is 5.40. The lowest BCUT2D eigenvalue weighted by Gasteiger charge is -2.51. The van der Waals surface area contributed by atoms with Crippen LogP contribution in [0.3, 0.4) is 0 Å². The highest BCUT2D eigenvalue weighted by molar-refractivity contribution is 9.10. The van der Waals surface area contributed by atoms with Crippen molar-refractivity contribution in [3.8, 4) is 0 Å². The van der Waals surface area contributed by atoms with Crippen LogP contribution in [0.1, 0.15) is 55.0 Å². The van der Waals surface area contributed by atoms with E-state index < -0.39 is 5.41 Å². The predicted molar refractivity (Wildman–Crippen MR) is 159 cm³/mol. The van der Waals surface area contributed by atoms with Crippen molar-refractivity contribution in [2.24, 2.45) is 5.92 Å². The monoisotopic (exact) mass is 571 g/mol. The number of fused-ring (bicyclic) bond motifs is 8. The lowest BCUT2D eigenvalue weighted by molar-refractivity contribution is 0.0921. The molecule has 1 unspecified atom stereocenters. The van der Waals surface area contributed by atoms with E-state index in [9.17, 15) is 9.59 Å². The number of nitrogens with zero attached hydrogens (tertiary/aromatic N) is 1. The zero-order chi connectivity index (χ0) is 26.9. The van der Waals surface area contributed by atoms with E-state index in [2.05, 4.69) is 90.5 Å². The minimum absolute atomic E-state index is 0.0956. The smallest absolute Gasteiger partial charge is 0.263 e. The molecule has 0 saturated carbocycles. The third kappa shape index (κ3) is 3.28. The number of hydrogen-bond acceptors (Lipinski definition) is 2. The van der Waals surface area contributed by atoms with E-state index in [-0.39, 0.29) is 17.6 Å². The number of hydrogen-bond donors (Lipinski definition) is 0. The fraction of sp³-hybridized carbons (Fsp3) is 0.143. The maximum absolute atomic E-state index is 14.4. The van der Waals surface area contributed by atoms with E-state index in [1.54, 1.807) is 0 Å². The first-order valence-corrected chi connectivity index (χ1v) is 14.0. The van der Waals surface area contributed by atoms with E-state index in [1.165, 1.54) is 0 Å². The van der Waals surface area contributed by atoms with Crippen LogP contribution in [0.5, 0.6) is 0 Å². The maximum atomic E-state index is 14.4. The first-order chi connectivity index (χ1) is 18.9. The molecule has 3 aliphatic rings. The summed E-state index contributed by atoms with van der Waals surface area (Å²) in [5, 5.41) is 0. The van der Waals surface area contributed by atoms with E-state index in [0.717, 1.165) is 54.8 Å². The molecular weight excluding hydrogens is 546 g/mol. The highest BCUT2D eigenvalue weighted by Gasteiger charge is 2.55. The highest BCUT2D eigenvalue weighted by Crippen LogP contribution is 2.61. The molecule has 1 aliphatic heterocycles. The number of allylic oxidation sites excluding steroid dienone is 4. The van der Waals surface area contributed by atoms with Crippen molar-refractivity contribution in [3.05, 3.63) is 152 Å². The van der Waals surface area contributed by atoms with Gasteiger partial charge >= 0.3 is 0 Å². The average Bonchev–Trinajstić information content (AvgIpc) is 2.95. The quantitative estimate of drug-likeness (QED) is 0.230. The molecule has 0 aromatic heterocycles. The Hall–Kier alpha value is -4.02. The summed E-state index contributed by atoms with van der Waals surface area (Å²) in [6.45, 7) is 4.18. The Morgan fingerprint density at radius 3 is 2.18 bits per heavy atom. The highest BCUT2D eigenvalue weighted by atomic mass is 79.9. The lowest BCUT2D eigenvalue weighted by Crippen LogP contribution is -2.48. The molecule has 3 nitrogen and oxygen atoms in total. The lowest BCUT2D eigenvalue weighted by atomic mass is 9.53. The van der Waals surface area contributed by atoms with Gasteiger partial charge in [-0.3, -0.25) is 14.5 Å². The maximum Gasteiger partial charge on any atom is 0.263 e. The summed E-state index contributed by atoms with van der Waals surface area (Å²) < 4.78 is 0.756. The van der Waals surface area contributed by atoms with Crippen LogP contribution in [0.2, 0.25) is 0 Å². The minimum atomic E-state index is -0.701. The Labute approximate surface area is 236 Å². The third-order valence-electron chi connectivity index (χ3n) is 8.41. The number of amides is 1. The van der Waals surface area contributed by atoms with E-state index in [0.29, 0.717) is 12.0 Å². The van der Waals surface area contributed by atoms with Gasteiger partial charge in [0.15, 0.2) is 5.78 Å². The second kappa shape index (κ2) is 8.75. The topological polar surface area (TPSA) is 37.4 Å². The number of ketones is 1. The molecule has 0 N–H and O–H groups in total. The van der Waals surface area contributed by atoms with Crippen molar-refractivity contribution in [2.75, 3.05) is 4.90 Å². The van der Waals surface area contributed by atoms with Crippen molar-refractivity contribution in [1.82, 2.24) is 0 Å². The summed E-state index contributed by atoms with van der Waals surface area (Å²) in [4.78, 5) is 30.1. The van der Waals surface area contributed by atoms with Crippen LogP contribution in [0.4, 0.5) is 11.4 Å². The normalized spacial score (nSPS) is 18.1. The van der Waals surface area contributed by atoms with Crippen molar-refractivity contribution < 1.29 is 9.59 Å². The van der Waals surface area contributed by atoms with Crippen LogP contribution < -0.4 is 4.90 Å². The molecule has 39 heavy (non-hydrogen) atoms. The molecule has 1 amide bonds. The van der Waals surface area contributed by atoms with Gasteiger partial charge in [0.2, 0.25) is 0 Å². The summed E-state index contributed by atoms with van der Waals surface area (Å²) in [5.41, 5.74) is 8.70. The average molecular weight is 573 g/mol. The number of Topliss-reactive ketones (excluding diaryl/α,β-unsaturated/α-hetero) is 1. The van der Waals surface area contributed by atoms with Crippen molar-refractivity contribution in [1.29, 1.82) is 0 Å². The molecule has 1 spiro atoms. The summed E-state index contributed by atoms with van der Waals surface area (Å²) in [6, 6.07) is 28.3. The molecule has 0 saturated heterocycles. The second-order valence-corrected chi connectivity index (χ2v) is 11.5. The van der Waals surface area contributed by atoms with Gasteiger partial charge in [-0.1, -0.05) is 90.0 Å². The summed E-state index contributed by atoms with van der Waals surface area (Å²) in [7, 11) is 0. The van der Waals surface area contributed by atoms with E-state index >= 15 is 0 Å².